The molecule has 0 aliphatic rings. The van der Waals surface area contributed by atoms with Gasteiger partial charge in [0.15, 0.2) is 0 Å². The molecule has 1 aromatic heterocycles. The number of benzene rings is 1. The van der Waals surface area contributed by atoms with Crippen LogP contribution in [0.5, 0.6) is 0 Å². The lowest BCUT2D eigenvalue weighted by atomic mass is 10.2. The molecule has 0 fully saturated rings. The van der Waals surface area contributed by atoms with Crippen LogP contribution in [0.4, 0.5) is 11.4 Å². The van der Waals surface area contributed by atoms with Crippen molar-refractivity contribution >= 4 is 11.4 Å². The second-order valence-electron chi connectivity index (χ2n) is 5.36. The highest BCUT2D eigenvalue weighted by Crippen LogP contribution is 2.23. The highest BCUT2D eigenvalue weighted by Gasteiger charge is 2.13. The summed E-state index contributed by atoms with van der Waals surface area (Å²) in [6.07, 6.45) is 0. The number of anilines is 1. The van der Waals surface area contributed by atoms with Crippen molar-refractivity contribution in [1.29, 1.82) is 0 Å². The van der Waals surface area contributed by atoms with E-state index in [1.165, 1.54) is 12.1 Å². The smallest absolute Gasteiger partial charge is 0.269 e. The highest BCUT2D eigenvalue weighted by atomic mass is 16.6. The summed E-state index contributed by atoms with van der Waals surface area (Å²) < 4.78 is 1.99. The molecule has 1 N–H and O–H groups in total. The van der Waals surface area contributed by atoms with Crippen molar-refractivity contribution in [2.75, 3.05) is 5.32 Å². The molecular formula is C15H20N4O2. The first-order chi connectivity index (χ1) is 9.90. The monoisotopic (exact) mass is 288 g/mol. The fourth-order valence-corrected chi connectivity index (χ4v) is 2.35. The summed E-state index contributed by atoms with van der Waals surface area (Å²) in [7, 11) is 0. The van der Waals surface area contributed by atoms with Crippen LogP contribution in [0, 0.1) is 24.0 Å². The standard InChI is InChI=1S/C15H20N4O2/c1-10(2)18-12(4)15(11(3)17-18)16-9-13-5-7-14(8-6-13)19(20)21/h5-8,10,16H,9H2,1-4H3. The Labute approximate surface area is 123 Å². The molecule has 0 radical (unpaired) electrons. The largest absolute Gasteiger partial charge is 0.378 e. The van der Waals surface area contributed by atoms with Gasteiger partial charge in [-0.25, -0.2) is 0 Å². The summed E-state index contributed by atoms with van der Waals surface area (Å²) in [5.74, 6) is 0. The summed E-state index contributed by atoms with van der Waals surface area (Å²) in [4.78, 5) is 10.2. The third-order valence-electron chi connectivity index (χ3n) is 3.43. The molecule has 0 unspecified atom stereocenters. The van der Waals surface area contributed by atoms with E-state index in [4.69, 9.17) is 0 Å². The minimum absolute atomic E-state index is 0.110. The van der Waals surface area contributed by atoms with Crippen molar-refractivity contribution < 1.29 is 4.92 Å². The maximum absolute atomic E-state index is 10.6. The van der Waals surface area contributed by atoms with Gasteiger partial charge in [0.2, 0.25) is 0 Å². The minimum atomic E-state index is -0.391. The van der Waals surface area contributed by atoms with Gasteiger partial charge in [-0.05, 0) is 33.3 Å². The maximum atomic E-state index is 10.6. The van der Waals surface area contributed by atoms with Crippen LogP contribution in [0.1, 0.15) is 36.8 Å². The molecule has 0 aliphatic carbocycles. The van der Waals surface area contributed by atoms with Gasteiger partial charge in [-0.1, -0.05) is 12.1 Å². The molecule has 0 bridgehead atoms. The van der Waals surface area contributed by atoms with Crippen LogP contribution >= 0.6 is 0 Å². The highest BCUT2D eigenvalue weighted by molar-refractivity contribution is 5.52. The molecule has 1 aromatic carbocycles. The van der Waals surface area contributed by atoms with Gasteiger partial charge in [0.25, 0.3) is 5.69 Å². The molecular weight excluding hydrogens is 268 g/mol. The average Bonchev–Trinajstić information content (AvgIpc) is 2.72. The molecule has 6 nitrogen and oxygen atoms in total. The van der Waals surface area contributed by atoms with Crippen molar-refractivity contribution in [2.45, 2.75) is 40.3 Å². The van der Waals surface area contributed by atoms with E-state index in [2.05, 4.69) is 24.3 Å². The lowest BCUT2D eigenvalue weighted by molar-refractivity contribution is -0.384. The fourth-order valence-electron chi connectivity index (χ4n) is 2.35. The Hall–Kier alpha value is -2.37. The Kier molecular flexibility index (Phi) is 4.26. The SMILES string of the molecule is Cc1nn(C(C)C)c(C)c1NCc1ccc([N+](=O)[O-])cc1. The lowest BCUT2D eigenvalue weighted by Crippen LogP contribution is -2.06. The predicted molar refractivity (Wildman–Crippen MR) is 82.5 cm³/mol. The topological polar surface area (TPSA) is 73.0 Å². The number of hydrogen-bond acceptors (Lipinski definition) is 4. The zero-order valence-corrected chi connectivity index (χ0v) is 12.8. The molecule has 112 valence electrons. The maximum Gasteiger partial charge on any atom is 0.269 e. The predicted octanol–water partition coefficient (Wildman–Crippen LogP) is 3.60. The van der Waals surface area contributed by atoms with Crippen molar-refractivity contribution in [2.24, 2.45) is 0 Å². The van der Waals surface area contributed by atoms with Gasteiger partial charge < -0.3 is 5.32 Å². The summed E-state index contributed by atoms with van der Waals surface area (Å²) in [6.45, 7) is 8.82. The third-order valence-corrected chi connectivity index (χ3v) is 3.43. The first-order valence-corrected chi connectivity index (χ1v) is 6.93. The fraction of sp³-hybridized carbons (Fsp3) is 0.400. The number of nitrogens with zero attached hydrogens (tertiary/aromatic N) is 3. The Morgan fingerprint density at radius 3 is 2.38 bits per heavy atom. The van der Waals surface area contributed by atoms with Gasteiger partial charge >= 0.3 is 0 Å². The molecule has 0 amide bonds. The number of nitro groups is 1. The quantitative estimate of drug-likeness (QED) is 0.674. The molecule has 0 saturated carbocycles. The third kappa shape index (κ3) is 3.21. The van der Waals surface area contributed by atoms with E-state index in [1.807, 2.05) is 18.5 Å². The first kappa shape index (κ1) is 15.0. The number of hydrogen-bond donors (Lipinski definition) is 1. The molecule has 2 rings (SSSR count). The van der Waals surface area contributed by atoms with Crippen LogP contribution in [0.25, 0.3) is 0 Å². The van der Waals surface area contributed by atoms with E-state index >= 15 is 0 Å². The number of aryl methyl sites for hydroxylation is 1. The number of rotatable bonds is 5. The van der Waals surface area contributed by atoms with Crippen molar-refractivity contribution in [3.05, 3.63) is 51.3 Å². The van der Waals surface area contributed by atoms with Crippen molar-refractivity contribution in [3.63, 3.8) is 0 Å². The number of nitrogens with one attached hydrogen (secondary N) is 1. The van der Waals surface area contributed by atoms with Crippen LogP contribution in [0.3, 0.4) is 0 Å². The van der Waals surface area contributed by atoms with Crippen LogP contribution in [0.15, 0.2) is 24.3 Å². The summed E-state index contributed by atoms with van der Waals surface area (Å²) >= 11 is 0. The van der Waals surface area contributed by atoms with Gasteiger partial charge in [-0.15, -0.1) is 0 Å². The molecule has 0 spiro atoms. The van der Waals surface area contributed by atoms with Crippen molar-refractivity contribution in [3.8, 4) is 0 Å². The normalized spacial score (nSPS) is 10.9. The zero-order valence-electron chi connectivity index (χ0n) is 12.8. The zero-order chi connectivity index (χ0) is 15.6. The minimum Gasteiger partial charge on any atom is -0.378 e. The van der Waals surface area contributed by atoms with Gasteiger partial charge in [0, 0.05) is 24.7 Å². The second kappa shape index (κ2) is 5.95. The number of non-ortho nitro benzene ring substituents is 1. The van der Waals surface area contributed by atoms with E-state index in [-0.39, 0.29) is 5.69 Å². The summed E-state index contributed by atoms with van der Waals surface area (Å²) in [5, 5.41) is 18.5. The van der Waals surface area contributed by atoms with Crippen LogP contribution in [-0.2, 0) is 6.54 Å². The van der Waals surface area contributed by atoms with Crippen molar-refractivity contribution in [1.82, 2.24) is 9.78 Å². The van der Waals surface area contributed by atoms with E-state index in [9.17, 15) is 10.1 Å². The molecule has 2 aromatic rings. The molecule has 0 atom stereocenters. The lowest BCUT2D eigenvalue weighted by Gasteiger charge is -2.10. The van der Waals surface area contributed by atoms with E-state index in [0.717, 1.165) is 22.6 Å². The molecule has 6 heteroatoms. The Morgan fingerprint density at radius 2 is 1.90 bits per heavy atom. The number of nitro benzene ring substituents is 1. The Bertz CT molecular complexity index is 644. The Morgan fingerprint density at radius 1 is 1.29 bits per heavy atom. The van der Waals surface area contributed by atoms with Crippen LogP contribution in [-0.4, -0.2) is 14.7 Å². The van der Waals surface area contributed by atoms with E-state index in [0.29, 0.717) is 12.6 Å². The van der Waals surface area contributed by atoms with Crippen LogP contribution < -0.4 is 5.32 Å². The first-order valence-electron chi connectivity index (χ1n) is 6.93. The van der Waals surface area contributed by atoms with Gasteiger partial charge in [0.05, 0.1) is 22.0 Å². The summed E-state index contributed by atoms with van der Waals surface area (Å²) in [5.41, 5.74) is 4.20. The van der Waals surface area contributed by atoms with E-state index in [1.54, 1.807) is 12.1 Å². The number of aromatic nitrogens is 2. The van der Waals surface area contributed by atoms with Crippen LogP contribution in [0.2, 0.25) is 0 Å². The second-order valence-corrected chi connectivity index (χ2v) is 5.36. The van der Waals surface area contributed by atoms with Gasteiger partial charge in [-0.2, -0.15) is 5.10 Å². The molecule has 21 heavy (non-hydrogen) atoms. The molecule has 1 heterocycles. The Balaban J connectivity index is 2.11. The molecule has 0 aliphatic heterocycles. The molecule has 0 saturated heterocycles. The van der Waals surface area contributed by atoms with Gasteiger partial charge in [-0.3, -0.25) is 14.8 Å². The summed E-state index contributed by atoms with van der Waals surface area (Å²) in [6, 6.07) is 6.90. The van der Waals surface area contributed by atoms with Gasteiger partial charge in [0.1, 0.15) is 0 Å². The average molecular weight is 288 g/mol. The van der Waals surface area contributed by atoms with E-state index < -0.39 is 4.92 Å².